The third-order valence-corrected chi connectivity index (χ3v) is 6.66. The maximum Gasteiger partial charge on any atom is 0.275 e. The van der Waals surface area contributed by atoms with Crippen molar-refractivity contribution < 1.29 is 14.3 Å². The van der Waals surface area contributed by atoms with Crippen LogP contribution in [0, 0.1) is 17.2 Å². The maximum absolute atomic E-state index is 13.5. The number of rotatable bonds is 6. The molecule has 0 saturated carbocycles. The fourth-order valence-electron chi connectivity index (χ4n) is 3.94. The third-order valence-electron chi connectivity index (χ3n) is 5.99. The average Bonchev–Trinajstić information content (AvgIpc) is 3.51. The number of ether oxygens (including phenoxy) is 2. The Bertz CT molecular complexity index is 1240. The summed E-state index contributed by atoms with van der Waals surface area (Å²) in [6.07, 6.45) is 0.850. The topological polar surface area (TPSA) is 80.4 Å². The van der Waals surface area contributed by atoms with Crippen LogP contribution < -0.4 is 9.47 Å². The minimum Gasteiger partial charge on any atom is -0.496 e. The number of aromatic nitrogens is 2. The van der Waals surface area contributed by atoms with E-state index >= 15 is 0 Å². The van der Waals surface area contributed by atoms with Gasteiger partial charge >= 0.3 is 0 Å². The van der Waals surface area contributed by atoms with E-state index in [-0.39, 0.29) is 12.5 Å². The molecule has 0 saturated heterocycles. The van der Waals surface area contributed by atoms with Crippen molar-refractivity contribution >= 4 is 17.2 Å². The number of amides is 1. The molecule has 0 bridgehead atoms. The van der Waals surface area contributed by atoms with Gasteiger partial charge in [-0.2, -0.15) is 21.7 Å². The zero-order valence-corrected chi connectivity index (χ0v) is 22.6. The fraction of sp³-hybridized carbons (Fsp3) is 0.444. The number of hydrogen-bond donors (Lipinski definition) is 0. The Morgan fingerprint density at radius 2 is 2.09 bits per heavy atom. The number of methoxy groups -OCH3 is 1. The van der Waals surface area contributed by atoms with Gasteiger partial charge in [0.05, 0.1) is 24.6 Å². The molecule has 0 unspecified atom stereocenters. The van der Waals surface area contributed by atoms with Crippen LogP contribution >= 0.6 is 11.3 Å². The van der Waals surface area contributed by atoms with E-state index in [0.717, 1.165) is 40.2 Å². The van der Waals surface area contributed by atoms with E-state index in [4.69, 9.17) is 14.6 Å². The summed E-state index contributed by atoms with van der Waals surface area (Å²) in [4.78, 5) is 14.9. The number of benzene rings is 1. The second-order valence-electron chi connectivity index (χ2n) is 9.15. The molecule has 0 N–H and O–H groups in total. The SMILES string of the molecule is CC.COc1cc2c(cc1CC(C)C)-c1c(c(C(=O)N(C)C(C)(C)C#N)nn1-c1ccsc1)CO2. The summed E-state index contributed by atoms with van der Waals surface area (Å²) in [6, 6.07) is 8.18. The number of carbonyl (C=O) groups excluding carboxylic acids is 1. The molecule has 2 aromatic heterocycles. The van der Waals surface area contributed by atoms with Crippen molar-refractivity contribution in [2.45, 2.75) is 60.1 Å². The normalized spacial score (nSPS) is 12.0. The molecule has 0 atom stereocenters. The first kappa shape index (κ1) is 26.3. The highest BCUT2D eigenvalue weighted by molar-refractivity contribution is 7.08. The molecule has 3 aromatic rings. The van der Waals surface area contributed by atoms with Crippen molar-refractivity contribution in [2.75, 3.05) is 14.2 Å². The molecule has 35 heavy (non-hydrogen) atoms. The van der Waals surface area contributed by atoms with Gasteiger partial charge in [-0.05, 0) is 49.3 Å². The van der Waals surface area contributed by atoms with E-state index in [9.17, 15) is 10.1 Å². The molecule has 1 amide bonds. The number of nitriles is 1. The first-order valence-electron chi connectivity index (χ1n) is 11.9. The molecule has 0 aliphatic carbocycles. The molecule has 7 nitrogen and oxygen atoms in total. The molecule has 1 aromatic carbocycles. The Balaban J connectivity index is 0.00000167. The Kier molecular flexibility index (Phi) is 7.91. The van der Waals surface area contributed by atoms with Gasteiger partial charge < -0.3 is 14.4 Å². The van der Waals surface area contributed by atoms with Crippen LogP contribution in [-0.4, -0.2) is 40.3 Å². The summed E-state index contributed by atoms with van der Waals surface area (Å²) in [6.45, 7) is 12.0. The summed E-state index contributed by atoms with van der Waals surface area (Å²) in [5.41, 5.74) is 3.74. The van der Waals surface area contributed by atoms with Gasteiger partial charge in [-0.1, -0.05) is 27.7 Å². The number of nitrogens with zero attached hydrogens (tertiary/aromatic N) is 4. The van der Waals surface area contributed by atoms with Gasteiger partial charge in [-0.15, -0.1) is 0 Å². The summed E-state index contributed by atoms with van der Waals surface area (Å²) in [7, 11) is 3.30. The van der Waals surface area contributed by atoms with Crippen molar-refractivity contribution in [1.29, 1.82) is 5.26 Å². The van der Waals surface area contributed by atoms with Crippen molar-refractivity contribution in [2.24, 2.45) is 5.92 Å². The van der Waals surface area contributed by atoms with Crippen LogP contribution in [0.25, 0.3) is 16.9 Å². The molecule has 8 heteroatoms. The molecular weight excluding hydrogens is 460 g/mol. The first-order valence-corrected chi connectivity index (χ1v) is 12.8. The number of thiophene rings is 1. The molecule has 1 aliphatic rings. The Morgan fingerprint density at radius 1 is 1.37 bits per heavy atom. The largest absolute Gasteiger partial charge is 0.496 e. The van der Waals surface area contributed by atoms with Crippen LogP contribution in [-0.2, 0) is 13.0 Å². The van der Waals surface area contributed by atoms with Gasteiger partial charge in [0.1, 0.15) is 23.6 Å². The van der Waals surface area contributed by atoms with E-state index in [1.165, 1.54) is 4.90 Å². The van der Waals surface area contributed by atoms with Gasteiger partial charge in [0, 0.05) is 29.6 Å². The molecule has 0 radical (unpaired) electrons. The van der Waals surface area contributed by atoms with Crippen LogP contribution in [0.4, 0.5) is 0 Å². The monoisotopic (exact) mass is 494 g/mol. The van der Waals surface area contributed by atoms with Crippen LogP contribution in [0.2, 0.25) is 0 Å². The summed E-state index contributed by atoms with van der Waals surface area (Å²) in [5.74, 6) is 1.63. The van der Waals surface area contributed by atoms with Crippen LogP contribution in [0.1, 0.15) is 63.2 Å². The van der Waals surface area contributed by atoms with Crippen molar-refractivity contribution in [3.8, 4) is 34.5 Å². The van der Waals surface area contributed by atoms with E-state index in [1.807, 2.05) is 41.4 Å². The fourth-order valence-corrected chi connectivity index (χ4v) is 4.55. The zero-order chi connectivity index (χ0) is 25.9. The van der Waals surface area contributed by atoms with Crippen LogP contribution in [0.5, 0.6) is 11.5 Å². The second-order valence-corrected chi connectivity index (χ2v) is 9.93. The van der Waals surface area contributed by atoms with E-state index in [1.54, 1.807) is 39.3 Å². The van der Waals surface area contributed by atoms with Gasteiger partial charge in [0.15, 0.2) is 5.69 Å². The lowest BCUT2D eigenvalue weighted by molar-refractivity contribution is 0.0689. The minimum atomic E-state index is -0.971. The quantitative estimate of drug-likeness (QED) is 0.414. The predicted octanol–water partition coefficient (Wildman–Crippen LogP) is 6.10. The lowest BCUT2D eigenvalue weighted by Gasteiger charge is -2.29. The number of carbonyl (C=O) groups is 1. The maximum atomic E-state index is 13.5. The summed E-state index contributed by atoms with van der Waals surface area (Å²) >= 11 is 1.57. The summed E-state index contributed by atoms with van der Waals surface area (Å²) < 4.78 is 13.6. The molecule has 1 aliphatic heterocycles. The highest BCUT2D eigenvalue weighted by atomic mass is 32.1. The molecule has 0 spiro atoms. The van der Waals surface area contributed by atoms with E-state index < -0.39 is 5.54 Å². The predicted molar refractivity (Wildman–Crippen MR) is 139 cm³/mol. The Hall–Kier alpha value is -3.31. The van der Waals surface area contributed by atoms with Gasteiger partial charge in [0.25, 0.3) is 5.91 Å². The number of hydrogen-bond acceptors (Lipinski definition) is 6. The smallest absolute Gasteiger partial charge is 0.275 e. The van der Waals surface area contributed by atoms with Crippen molar-refractivity contribution in [3.05, 3.63) is 45.8 Å². The van der Waals surface area contributed by atoms with Crippen LogP contribution in [0.3, 0.4) is 0 Å². The van der Waals surface area contributed by atoms with Crippen LogP contribution in [0.15, 0.2) is 29.0 Å². The highest BCUT2D eigenvalue weighted by Crippen LogP contribution is 2.44. The lowest BCUT2D eigenvalue weighted by Crippen LogP contribution is -2.44. The minimum absolute atomic E-state index is 0.209. The van der Waals surface area contributed by atoms with Gasteiger partial charge in [-0.3, -0.25) is 4.79 Å². The van der Waals surface area contributed by atoms with Gasteiger partial charge in [0.2, 0.25) is 0 Å². The third kappa shape index (κ3) is 4.92. The zero-order valence-electron chi connectivity index (χ0n) is 21.8. The average molecular weight is 495 g/mol. The Labute approximate surface area is 211 Å². The van der Waals surface area contributed by atoms with Gasteiger partial charge in [-0.25, -0.2) is 4.68 Å². The molecule has 0 fully saturated rings. The Morgan fingerprint density at radius 3 is 2.66 bits per heavy atom. The van der Waals surface area contributed by atoms with Crippen molar-refractivity contribution in [1.82, 2.24) is 14.7 Å². The first-order chi connectivity index (χ1) is 16.7. The molecule has 3 heterocycles. The summed E-state index contributed by atoms with van der Waals surface area (Å²) in [5, 5.41) is 18.3. The van der Waals surface area contributed by atoms with E-state index in [0.29, 0.717) is 17.4 Å². The molecule has 4 rings (SSSR count). The lowest BCUT2D eigenvalue weighted by atomic mass is 9.95. The molecule has 186 valence electrons. The highest BCUT2D eigenvalue weighted by Gasteiger charge is 2.36. The second kappa shape index (κ2) is 10.5. The van der Waals surface area contributed by atoms with Crippen molar-refractivity contribution in [3.63, 3.8) is 0 Å². The molecular formula is C27H34N4O3S. The number of fused-ring (bicyclic) bond motifs is 3. The van der Waals surface area contributed by atoms with E-state index in [2.05, 4.69) is 26.0 Å². The standard InChI is InChI=1S/C25H28N4O3S.C2H6/c1-15(2)9-16-10-18-21(11-20(16)31-6)32-12-19-22(24(30)28(5)25(3,4)14-26)27-29(23(18)19)17-7-8-33-13-17;1-2/h7-8,10-11,13,15H,9,12H2,1-6H3;1-2H3.